The molecule has 76 valence electrons. The van der Waals surface area contributed by atoms with Crippen molar-refractivity contribution in [3.05, 3.63) is 11.5 Å². The van der Waals surface area contributed by atoms with E-state index in [0.717, 1.165) is 6.42 Å². The van der Waals surface area contributed by atoms with Crippen LogP contribution in [0.15, 0.2) is 11.5 Å². The molecule has 5 nitrogen and oxygen atoms in total. The van der Waals surface area contributed by atoms with Gasteiger partial charge in [-0.2, -0.15) is 8.42 Å². The van der Waals surface area contributed by atoms with Gasteiger partial charge < -0.3 is 4.74 Å². The number of carbonyl (C=O) groups excluding carboxylic acids is 1. The summed E-state index contributed by atoms with van der Waals surface area (Å²) in [6.07, 6.45) is 1.47. The van der Waals surface area contributed by atoms with E-state index in [1.54, 1.807) is 0 Å². The van der Waals surface area contributed by atoms with Crippen LogP contribution in [0, 0.1) is 0 Å². The quantitative estimate of drug-likeness (QED) is 0.312. The predicted octanol–water partition coefficient (Wildman–Crippen LogP) is 0.731. The lowest BCUT2D eigenvalue weighted by atomic mass is 10.4. The summed E-state index contributed by atoms with van der Waals surface area (Å²) in [5.74, 6) is -1.10. The second-order valence-corrected chi connectivity index (χ2v) is 3.83. The Bertz CT molecular complexity index is 290. The first-order chi connectivity index (χ1) is 5.89. The zero-order chi connectivity index (χ0) is 10.5. The van der Waals surface area contributed by atoms with Crippen LogP contribution < -0.4 is 0 Å². The molecule has 0 aromatic heterocycles. The van der Waals surface area contributed by atoms with Gasteiger partial charge in [-0.1, -0.05) is 19.9 Å². The molecule has 6 heteroatoms. The average molecular weight is 208 g/mol. The smallest absolute Gasteiger partial charge is 0.351 e. The van der Waals surface area contributed by atoms with E-state index in [9.17, 15) is 13.2 Å². The first kappa shape index (κ1) is 12.1. The summed E-state index contributed by atoms with van der Waals surface area (Å²) in [6, 6.07) is 0. The molecule has 0 amide bonds. The second kappa shape index (κ2) is 4.98. The lowest BCUT2D eigenvalue weighted by Gasteiger charge is -2.03. The minimum absolute atomic E-state index is 0.129. The van der Waals surface area contributed by atoms with Crippen molar-refractivity contribution in [3.8, 4) is 0 Å². The molecule has 0 aromatic rings. The fourth-order valence-corrected chi connectivity index (χ4v) is 0.765. The third kappa shape index (κ3) is 4.64. The van der Waals surface area contributed by atoms with Crippen LogP contribution in [-0.4, -0.2) is 25.5 Å². The van der Waals surface area contributed by atoms with Gasteiger partial charge in [0, 0.05) is 0 Å². The Morgan fingerprint density at radius 3 is 2.46 bits per heavy atom. The van der Waals surface area contributed by atoms with Gasteiger partial charge in [-0.15, -0.1) is 0 Å². The first-order valence-corrected chi connectivity index (χ1v) is 5.17. The average Bonchev–Trinajstić information content (AvgIpc) is 2.01. The van der Waals surface area contributed by atoms with E-state index in [1.807, 2.05) is 6.92 Å². The van der Waals surface area contributed by atoms with Crippen LogP contribution in [0.3, 0.4) is 0 Å². The van der Waals surface area contributed by atoms with Crippen LogP contribution in [0.1, 0.15) is 19.8 Å². The lowest BCUT2D eigenvalue weighted by molar-refractivity contribution is -0.138. The van der Waals surface area contributed by atoms with Crippen molar-refractivity contribution in [1.82, 2.24) is 0 Å². The Morgan fingerprint density at radius 1 is 1.54 bits per heavy atom. The highest BCUT2D eigenvalue weighted by Gasteiger charge is 2.20. The van der Waals surface area contributed by atoms with Gasteiger partial charge in [0.15, 0.2) is 4.91 Å². The molecule has 0 aliphatic heterocycles. The van der Waals surface area contributed by atoms with E-state index in [2.05, 4.69) is 11.3 Å². The minimum Gasteiger partial charge on any atom is -0.462 e. The molecular formula is C7H12O5S. The Hall–Kier alpha value is -0.880. The Labute approximate surface area is 77.1 Å². The predicted molar refractivity (Wildman–Crippen MR) is 46.6 cm³/mol. The topological polar surface area (TPSA) is 80.7 Å². The van der Waals surface area contributed by atoms with Crippen molar-refractivity contribution in [2.45, 2.75) is 19.8 Å². The molecule has 0 bridgehead atoms. The molecule has 0 saturated heterocycles. The van der Waals surface area contributed by atoms with Crippen molar-refractivity contribution in [2.75, 3.05) is 6.61 Å². The molecule has 0 radical (unpaired) electrons. The fourth-order valence-electron chi connectivity index (χ4n) is 0.495. The van der Waals surface area contributed by atoms with E-state index in [-0.39, 0.29) is 6.61 Å². The van der Waals surface area contributed by atoms with Gasteiger partial charge in [-0.3, -0.25) is 4.55 Å². The van der Waals surface area contributed by atoms with Crippen LogP contribution in [0.5, 0.6) is 0 Å². The molecular weight excluding hydrogens is 196 g/mol. The lowest BCUT2D eigenvalue weighted by Crippen LogP contribution is -2.15. The maximum absolute atomic E-state index is 10.8. The van der Waals surface area contributed by atoms with Crippen LogP contribution in [-0.2, 0) is 19.6 Å². The highest BCUT2D eigenvalue weighted by molar-refractivity contribution is 7.90. The zero-order valence-electron chi connectivity index (χ0n) is 7.32. The summed E-state index contributed by atoms with van der Waals surface area (Å²) in [5.41, 5.74) is 0. The number of esters is 1. The molecule has 0 aromatic carbocycles. The monoisotopic (exact) mass is 208 g/mol. The third-order valence-corrected chi connectivity index (χ3v) is 2.06. The third-order valence-electron chi connectivity index (χ3n) is 1.27. The molecule has 0 aliphatic carbocycles. The maximum Gasteiger partial charge on any atom is 0.351 e. The van der Waals surface area contributed by atoms with Gasteiger partial charge in [0.2, 0.25) is 0 Å². The van der Waals surface area contributed by atoms with E-state index in [4.69, 9.17) is 4.55 Å². The molecule has 0 saturated carbocycles. The Balaban J connectivity index is 4.07. The van der Waals surface area contributed by atoms with Crippen LogP contribution >= 0.6 is 0 Å². The normalized spacial score (nSPS) is 10.9. The number of ether oxygens (including phenoxy) is 1. The summed E-state index contributed by atoms with van der Waals surface area (Å²) in [4.78, 5) is 9.88. The first-order valence-electron chi connectivity index (χ1n) is 3.73. The van der Waals surface area contributed by atoms with Crippen molar-refractivity contribution < 1.29 is 22.5 Å². The SMILES string of the molecule is C=C(C(=O)OCCCC)S(=O)(=O)O. The van der Waals surface area contributed by atoms with Crippen LogP contribution in [0.2, 0.25) is 0 Å². The van der Waals surface area contributed by atoms with Crippen molar-refractivity contribution in [2.24, 2.45) is 0 Å². The number of unbranched alkanes of at least 4 members (excludes halogenated alkanes) is 1. The van der Waals surface area contributed by atoms with Crippen molar-refractivity contribution in [3.63, 3.8) is 0 Å². The van der Waals surface area contributed by atoms with Crippen LogP contribution in [0.4, 0.5) is 0 Å². The van der Waals surface area contributed by atoms with Crippen molar-refractivity contribution in [1.29, 1.82) is 0 Å². The largest absolute Gasteiger partial charge is 0.462 e. The van der Waals surface area contributed by atoms with Gasteiger partial charge in [0.25, 0.3) is 0 Å². The van der Waals surface area contributed by atoms with E-state index < -0.39 is 21.0 Å². The molecule has 0 atom stereocenters. The molecule has 0 unspecified atom stereocenters. The molecule has 1 N–H and O–H groups in total. The summed E-state index contributed by atoms with van der Waals surface area (Å²) >= 11 is 0. The van der Waals surface area contributed by atoms with Gasteiger partial charge in [-0.05, 0) is 6.42 Å². The molecule has 0 aliphatic rings. The van der Waals surface area contributed by atoms with Gasteiger partial charge in [-0.25, -0.2) is 4.79 Å². The summed E-state index contributed by atoms with van der Waals surface area (Å²) < 4.78 is 33.6. The summed E-state index contributed by atoms with van der Waals surface area (Å²) in [6.45, 7) is 4.92. The summed E-state index contributed by atoms with van der Waals surface area (Å²) in [7, 11) is -4.51. The highest BCUT2D eigenvalue weighted by Crippen LogP contribution is 2.03. The number of hydrogen-bond donors (Lipinski definition) is 1. The minimum atomic E-state index is -4.51. The van der Waals surface area contributed by atoms with E-state index >= 15 is 0 Å². The number of carbonyl (C=O) groups is 1. The number of hydrogen-bond acceptors (Lipinski definition) is 4. The number of rotatable bonds is 5. The second-order valence-electron chi connectivity index (χ2n) is 2.39. The Kier molecular flexibility index (Phi) is 4.64. The highest BCUT2D eigenvalue weighted by atomic mass is 32.2. The summed E-state index contributed by atoms with van der Waals surface area (Å²) in [5, 5.41) is 0. The van der Waals surface area contributed by atoms with Gasteiger partial charge in [0.1, 0.15) is 0 Å². The molecule has 0 heterocycles. The fraction of sp³-hybridized carbons (Fsp3) is 0.571. The maximum atomic E-state index is 10.8. The Morgan fingerprint density at radius 2 is 2.08 bits per heavy atom. The van der Waals surface area contributed by atoms with E-state index in [0.29, 0.717) is 6.42 Å². The molecule has 0 rings (SSSR count). The van der Waals surface area contributed by atoms with Crippen LogP contribution in [0.25, 0.3) is 0 Å². The molecule has 0 spiro atoms. The van der Waals surface area contributed by atoms with Gasteiger partial charge >= 0.3 is 16.1 Å². The zero-order valence-corrected chi connectivity index (χ0v) is 8.13. The van der Waals surface area contributed by atoms with Crippen molar-refractivity contribution >= 4 is 16.1 Å². The molecule has 0 fully saturated rings. The standard InChI is InChI=1S/C7H12O5S/c1-3-4-5-12-7(8)6(2)13(9,10)11/h2-5H2,1H3,(H,9,10,11). The molecule has 13 heavy (non-hydrogen) atoms. The van der Waals surface area contributed by atoms with E-state index in [1.165, 1.54) is 0 Å². The van der Waals surface area contributed by atoms with Gasteiger partial charge in [0.05, 0.1) is 6.61 Å².